The number of likely N-dealkylation sites (tertiary alicyclic amines) is 1. The molecule has 5 nitrogen and oxygen atoms in total. The van der Waals surface area contributed by atoms with Crippen LogP contribution in [0, 0.1) is 5.92 Å². The zero-order valence-corrected chi connectivity index (χ0v) is 17.4. The van der Waals surface area contributed by atoms with Crippen molar-refractivity contribution in [1.82, 2.24) is 15.2 Å². The lowest BCUT2D eigenvalue weighted by atomic mass is 10.0. The number of fused-ring (bicyclic) bond motifs is 1. The Morgan fingerprint density at radius 1 is 1.09 bits per heavy atom. The molecule has 168 valence electrons. The summed E-state index contributed by atoms with van der Waals surface area (Å²) in [5.74, 6) is 1.24. The predicted molar refractivity (Wildman–Crippen MR) is 115 cm³/mol. The lowest BCUT2D eigenvalue weighted by Crippen LogP contribution is -2.55. The van der Waals surface area contributed by atoms with Crippen molar-refractivity contribution in [3.63, 3.8) is 0 Å². The smallest absolute Gasteiger partial charge is 0.416 e. The zero-order valence-electron chi connectivity index (χ0n) is 17.4. The second-order valence-electron chi connectivity index (χ2n) is 8.68. The minimum atomic E-state index is -4.35. The summed E-state index contributed by atoms with van der Waals surface area (Å²) in [7, 11) is 0. The molecule has 2 fully saturated rings. The van der Waals surface area contributed by atoms with Gasteiger partial charge in [-0.25, -0.2) is 4.79 Å². The molecule has 1 saturated carbocycles. The van der Waals surface area contributed by atoms with Gasteiger partial charge < -0.3 is 19.9 Å². The van der Waals surface area contributed by atoms with E-state index in [-0.39, 0.29) is 11.9 Å². The standard InChI is InChI=1S/C24H24F3N3O2/c25-24(26,27)19-4-6-20(7-5-19)32-14-16-12-30(13-16)23(31)28-11-15-1-8-21-18(9-15)10-22(29-21)17-2-3-17/h1,4-10,16-17,29H,2-3,11-14H2,(H,28,31). The van der Waals surface area contributed by atoms with E-state index in [1.165, 1.54) is 36.1 Å². The fraction of sp³-hybridized carbons (Fsp3) is 0.375. The minimum absolute atomic E-state index is 0.122. The van der Waals surface area contributed by atoms with Gasteiger partial charge in [0.2, 0.25) is 0 Å². The average molecular weight is 443 g/mol. The number of amides is 2. The average Bonchev–Trinajstić information content (AvgIpc) is 3.50. The summed E-state index contributed by atoms with van der Waals surface area (Å²) in [4.78, 5) is 17.6. The van der Waals surface area contributed by atoms with Crippen LogP contribution in [0.4, 0.5) is 18.0 Å². The van der Waals surface area contributed by atoms with Crippen LogP contribution in [0.5, 0.6) is 5.75 Å². The van der Waals surface area contributed by atoms with Crippen LogP contribution in [0.1, 0.15) is 35.6 Å². The molecule has 0 atom stereocenters. The first-order valence-electron chi connectivity index (χ1n) is 10.8. The molecule has 1 aromatic heterocycles. The van der Waals surface area contributed by atoms with Crippen molar-refractivity contribution in [2.45, 2.75) is 31.5 Å². The molecule has 1 saturated heterocycles. The first-order valence-corrected chi connectivity index (χ1v) is 10.8. The van der Waals surface area contributed by atoms with Gasteiger partial charge in [-0.1, -0.05) is 6.07 Å². The molecule has 2 N–H and O–H groups in total. The van der Waals surface area contributed by atoms with Crippen LogP contribution in [-0.4, -0.2) is 35.6 Å². The maximum Gasteiger partial charge on any atom is 0.416 e. The van der Waals surface area contributed by atoms with Crippen LogP contribution >= 0.6 is 0 Å². The lowest BCUT2D eigenvalue weighted by Gasteiger charge is -2.38. The molecule has 1 aliphatic heterocycles. The molecule has 5 rings (SSSR count). The number of nitrogens with one attached hydrogen (secondary N) is 2. The van der Waals surface area contributed by atoms with E-state index in [0.717, 1.165) is 23.2 Å². The van der Waals surface area contributed by atoms with E-state index >= 15 is 0 Å². The number of urea groups is 1. The maximum atomic E-state index is 12.6. The molecule has 2 heterocycles. The van der Waals surface area contributed by atoms with Gasteiger partial charge in [0.15, 0.2) is 0 Å². The van der Waals surface area contributed by atoms with Gasteiger partial charge in [0, 0.05) is 36.8 Å². The first kappa shape index (κ1) is 20.7. The third-order valence-corrected chi connectivity index (χ3v) is 6.08. The first-order chi connectivity index (χ1) is 15.3. The minimum Gasteiger partial charge on any atom is -0.493 e. The topological polar surface area (TPSA) is 57.4 Å². The molecule has 0 bridgehead atoms. The van der Waals surface area contributed by atoms with Crippen molar-refractivity contribution >= 4 is 16.9 Å². The second-order valence-corrected chi connectivity index (χ2v) is 8.68. The van der Waals surface area contributed by atoms with E-state index in [1.54, 1.807) is 4.90 Å². The Morgan fingerprint density at radius 2 is 1.84 bits per heavy atom. The predicted octanol–water partition coefficient (Wildman–Crippen LogP) is 5.28. The molecular weight excluding hydrogens is 419 g/mol. The third-order valence-electron chi connectivity index (χ3n) is 6.08. The van der Waals surface area contributed by atoms with E-state index < -0.39 is 11.7 Å². The highest BCUT2D eigenvalue weighted by Crippen LogP contribution is 2.40. The number of aromatic nitrogens is 1. The van der Waals surface area contributed by atoms with Gasteiger partial charge in [-0.3, -0.25) is 0 Å². The number of hydrogen-bond acceptors (Lipinski definition) is 2. The van der Waals surface area contributed by atoms with Crippen molar-refractivity contribution in [3.8, 4) is 5.75 Å². The summed E-state index contributed by atoms with van der Waals surface area (Å²) in [6.07, 6.45) is -1.85. The Kier molecular flexibility index (Phi) is 5.23. The highest BCUT2D eigenvalue weighted by atomic mass is 19.4. The van der Waals surface area contributed by atoms with Crippen molar-refractivity contribution in [2.75, 3.05) is 19.7 Å². The number of alkyl halides is 3. The number of carbonyl (C=O) groups excluding carboxylic acids is 1. The molecular formula is C24H24F3N3O2. The van der Waals surface area contributed by atoms with Gasteiger partial charge in [0.25, 0.3) is 0 Å². The van der Waals surface area contributed by atoms with Gasteiger partial charge in [-0.2, -0.15) is 13.2 Å². The van der Waals surface area contributed by atoms with Crippen LogP contribution in [-0.2, 0) is 12.7 Å². The number of ether oxygens (including phenoxy) is 1. The van der Waals surface area contributed by atoms with E-state index in [1.807, 2.05) is 6.07 Å². The summed E-state index contributed by atoms with van der Waals surface area (Å²) in [6.45, 7) is 1.95. The number of carbonyl (C=O) groups is 1. The van der Waals surface area contributed by atoms with Crippen LogP contribution in [0.3, 0.4) is 0 Å². The van der Waals surface area contributed by atoms with Crippen LogP contribution in [0.2, 0.25) is 0 Å². The third kappa shape index (κ3) is 4.54. The van der Waals surface area contributed by atoms with Gasteiger partial charge in [-0.05, 0) is 72.2 Å². The van der Waals surface area contributed by atoms with E-state index in [4.69, 9.17) is 4.74 Å². The summed E-state index contributed by atoms with van der Waals surface area (Å²) in [5, 5.41) is 4.12. The Hall–Kier alpha value is -3.16. The Morgan fingerprint density at radius 3 is 2.53 bits per heavy atom. The van der Waals surface area contributed by atoms with Crippen molar-refractivity contribution in [3.05, 3.63) is 65.4 Å². The fourth-order valence-electron chi connectivity index (χ4n) is 4.01. The number of aromatic amines is 1. The van der Waals surface area contributed by atoms with Crippen molar-refractivity contribution < 1.29 is 22.7 Å². The summed E-state index contributed by atoms with van der Waals surface area (Å²) in [6, 6.07) is 12.9. The molecule has 0 spiro atoms. The number of rotatable bonds is 6. The highest BCUT2D eigenvalue weighted by Gasteiger charge is 2.32. The van der Waals surface area contributed by atoms with Crippen LogP contribution < -0.4 is 10.1 Å². The zero-order chi connectivity index (χ0) is 22.3. The largest absolute Gasteiger partial charge is 0.493 e. The van der Waals surface area contributed by atoms with Crippen molar-refractivity contribution in [2.24, 2.45) is 5.92 Å². The Bertz CT molecular complexity index is 1110. The van der Waals surface area contributed by atoms with E-state index in [9.17, 15) is 18.0 Å². The van der Waals surface area contributed by atoms with Gasteiger partial charge in [0.1, 0.15) is 5.75 Å². The molecule has 8 heteroatoms. The highest BCUT2D eigenvalue weighted by molar-refractivity contribution is 5.81. The maximum absolute atomic E-state index is 12.6. The summed E-state index contributed by atoms with van der Waals surface area (Å²) >= 11 is 0. The number of halogens is 3. The number of benzene rings is 2. The normalized spacial score (nSPS) is 16.8. The molecule has 2 aromatic carbocycles. The molecule has 0 unspecified atom stereocenters. The summed E-state index contributed by atoms with van der Waals surface area (Å²) in [5.41, 5.74) is 2.78. The van der Waals surface area contributed by atoms with Gasteiger partial charge in [0.05, 0.1) is 12.2 Å². The molecule has 1 aliphatic carbocycles. The Labute approximate surface area is 183 Å². The quantitative estimate of drug-likeness (QED) is 0.544. The van der Waals surface area contributed by atoms with E-state index in [0.29, 0.717) is 37.9 Å². The van der Waals surface area contributed by atoms with E-state index in [2.05, 4.69) is 28.5 Å². The van der Waals surface area contributed by atoms with Crippen LogP contribution in [0.25, 0.3) is 10.9 Å². The second kappa shape index (κ2) is 8.07. The summed E-state index contributed by atoms with van der Waals surface area (Å²) < 4.78 is 43.4. The number of H-pyrrole nitrogens is 1. The fourth-order valence-corrected chi connectivity index (χ4v) is 4.01. The van der Waals surface area contributed by atoms with Gasteiger partial charge in [-0.15, -0.1) is 0 Å². The molecule has 2 aliphatic rings. The SMILES string of the molecule is O=C(NCc1ccc2[nH]c(C3CC3)cc2c1)N1CC(COc2ccc(C(F)(F)F)cc2)C1. The molecule has 32 heavy (non-hydrogen) atoms. The molecule has 2 amide bonds. The lowest BCUT2D eigenvalue weighted by molar-refractivity contribution is -0.137. The number of nitrogens with zero attached hydrogens (tertiary/aromatic N) is 1. The van der Waals surface area contributed by atoms with Crippen molar-refractivity contribution in [1.29, 1.82) is 0 Å². The van der Waals surface area contributed by atoms with Gasteiger partial charge >= 0.3 is 12.2 Å². The monoisotopic (exact) mass is 443 g/mol. The molecule has 0 radical (unpaired) electrons. The molecule has 3 aromatic rings. The number of hydrogen-bond donors (Lipinski definition) is 2. The van der Waals surface area contributed by atoms with Crippen LogP contribution in [0.15, 0.2) is 48.5 Å². The Balaban J connectivity index is 1.05.